The van der Waals surface area contributed by atoms with Gasteiger partial charge in [0.15, 0.2) is 5.69 Å². The lowest BCUT2D eigenvalue weighted by molar-refractivity contribution is 1.08. The van der Waals surface area contributed by atoms with Crippen LogP contribution in [0.3, 0.4) is 0 Å². The quantitative estimate of drug-likeness (QED) is 0.785. The molecule has 0 fully saturated rings. The Morgan fingerprint density at radius 2 is 2.38 bits per heavy atom. The molecule has 13 heavy (non-hydrogen) atoms. The number of halogens is 1. The summed E-state index contributed by atoms with van der Waals surface area (Å²) in [5, 5.41) is 15.1. The SMILES string of the molecule is N#Cc1cc(-c2ccc(Cl)s2)[nH]n1. The molecule has 0 saturated carbocycles. The molecule has 5 heteroatoms. The summed E-state index contributed by atoms with van der Waals surface area (Å²) in [7, 11) is 0. The molecule has 64 valence electrons. The highest BCUT2D eigenvalue weighted by Crippen LogP contribution is 2.29. The molecule has 0 amide bonds. The van der Waals surface area contributed by atoms with E-state index >= 15 is 0 Å². The summed E-state index contributed by atoms with van der Waals surface area (Å²) in [5.74, 6) is 0. The van der Waals surface area contributed by atoms with E-state index < -0.39 is 0 Å². The molecule has 1 N–H and O–H groups in total. The molecular weight excluding hydrogens is 206 g/mol. The third kappa shape index (κ3) is 1.57. The molecule has 0 aliphatic heterocycles. The van der Waals surface area contributed by atoms with Gasteiger partial charge in [-0.1, -0.05) is 11.6 Å². The Morgan fingerprint density at radius 3 is 2.92 bits per heavy atom. The van der Waals surface area contributed by atoms with Gasteiger partial charge in [-0.15, -0.1) is 11.3 Å². The van der Waals surface area contributed by atoms with Crippen LogP contribution in [0.25, 0.3) is 10.6 Å². The molecule has 0 bridgehead atoms. The minimum atomic E-state index is 0.388. The first-order valence-corrected chi connectivity index (χ1v) is 4.70. The fraction of sp³-hybridized carbons (Fsp3) is 0. The van der Waals surface area contributed by atoms with E-state index in [4.69, 9.17) is 16.9 Å². The van der Waals surface area contributed by atoms with Gasteiger partial charge in [0.1, 0.15) is 6.07 Å². The number of H-pyrrole nitrogens is 1. The third-order valence-electron chi connectivity index (χ3n) is 1.53. The standard InChI is InChI=1S/C8H4ClN3S/c9-8-2-1-7(13-8)6-3-5(4-10)11-12-6/h1-3H,(H,11,12). The fourth-order valence-corrected chi connectivity index (χ4v) is 1.97. The molecule has 0 aliphatic carbocycles. The highest BCUT2D eigenvalue weighted by Gasteiger charge is 2.04. The van der Waals surface area contributed by atoms with Crippen molar-refractivity contribution in [3.05, 3.63) is 28.2 Å². The molecule has 0 aliphatic rings. The number of thiophene rings is 1. The summed E-state index contributed by atoms with van der Waals surface area (Å²) in [4.78, 5) is 0.985. The van der Waals surface area contributed by atoms with E-state index in [0.717, 1.165) is 14.9 Å². The highest BCUT2D eigenvalue weighted by molar-refractivity contribution is 7.19. The first-order chi connectivity index (χ1) is 6.29. The van der Waals surface area contributed by atoms with Gasteiger partial charge in [-0.05, 0) is 12.1 Å². The lowest BCUT2D eigenvalue weighted by Crippen LogP contribution is -1.71. The van der Waals surface area contributed by atoms with E-state index in [1.807, 2.05) is 18.2 Å². The van der Waals surface area contributed by atoms with Crippen LogP contribution in [0.2, 0.25) is 4.34 Å². The average Bonchev–Trinajstić information content (AvgIpc) is 2.71. The van der Waals surface area contributed by atoms with Crippen LogP contribution in [0.5, 0.6) is 0 Å². The molecule has 0 atom stereocenters. The summed E-state index contributed by atoms with van der Waals surface area (Å²) in [5.41, 5.74) is 1.22. The van der Waals surface area contributed by atoms with Crippen LogP contribution in [0.1, 0.15) is 5.69 Å². The monoisotopic (exact) mass is 209 g/mol. The van der Waals surface area contributed by atoms with Crippen LogP contribution >= 0.6 is 22.9 Å². The fourth-order valence-electron chi connectivity index (χ4n) is 0.964. The van der Waals surface area contributed by atoms with Gasteiger partial charge in [0.25, 0.3) is 0 Å². The molecule has 0 aromatic carbocycles. The second-order valence-corrected chi connectivity index (χ2v) is 4.10. The van der Waals surface area contributed by atoms with E-state index in [0.29, 0.717) is 5.69 Å². The predicted molar refractivity (Wildman–Crippen MR) is 51.6 cm³/mol. The first-order valence-electron chi connectivity index (χ1n) is 3.51. The molecule has 0 spiro atoms. The van der Waals surface area contributed by atoms with Crippen LogP contribution in [0, 0.1) is 11.3 Å². The summed E-state index contributed by atoms with van der Waals surface area (Å²) >= 11 is 7.22. The van der Waals surface area contributed by atoms with Crippen LogP contribution in [-0.4, -0.2) is 10.2 Å². The van der Waals surface area contributed by atoms with Crippen LogP contribution < -0.4 is 0 Å². The first kappa shape index (κ1) is 8.30. The number of rotatable bonds is 1. The van der Waals surface area contributed by atoms with Gasteiger partial charge in [-0.3, -0.25) is 5.10 Å². The number of nitriles is 1. The second-order valence-electron chi connectivity index (χ2n) is 2.38. The minimum absolute atomic E-state index is 0.388. The molecule has 0 saturated heterocycles. The van der Waals surface area contributed by atoms with Crippen LogP contribution in [-0.2, 0) is 0 Å². The van der Waals surface area contributed by atoms with Crippen molar-refractivity contribution in [2.45, 2.75) is 0 Å². The third-order valence-corrected chi connectivity index (χ3v) is 2.80. The average molecular weight is 210 g/mol. The topological polar surface area (TPSA) is 52.5 Å². The number of aromatic amines is 1. The minimum Gasteiger partial charge on any atom is -0.276 e. The van der Waals surface area contributed by atoms with Crippen molar-refractivity contribution in [1.29, 1.82) is 5.26 Å². The molecule has 2 rings (SSSR count). The Bertz CT molecular complexity index is 466. The Kier molecular flexibility index (Phi) is 2.05. The lowest BCUT2D eigenvalue weighted by atomic mass is 10.3. The van der Waals surface area contributed by atoms with Crippen molar-refractivity contribution in [2.24, 2.45) is 0 Å². The molecule has 3 nitrogen and oxygen atoms in total. The van der Waals surface area contributed by atoms with Gasteiger partial charge in [0.2, 0.25) is 0 Å². The molecular formula is C8H4ClN3S. The van der Waals surface area contributed by atoms with Crippen molar-refractivity contribution in [3.63, 3.8) is 0 Å². The zero-order chi connectivity index (χ0) is 9.26. The molecule has 2 aromatic rings. The van der Waals surface area contributed by atoms with Gasteiger partial charge >= 0.3 is 0 Å². The maximum absolute atomic E-state index is 8.55. The summed E-state index contributed by atoms with van der Waals surface area (Å²) in [6.07, 6.45) is 0. The zero-order valence-electron chi connectivity index (χ0n) is 6.41. The zero-order valence-corrected chi connectivity index (χ0v) is 7.99. The Hall–Kier alpha value is -1.31. The molecule has 0 unspecified atom stereocenters. The number of nitrogens with zero attached hydrogens (tertiary/aromatic N) is 2. The second kappa shape index (κ2) is 3.21. The normalized spacial score (nSPS) is 9.85. The number of hydrogen-bond acceptors (Lipinski definition) is 3. The van der Waals surface area contributed by atoms with E-state index in [9.17, 15) is 0 Å². The van der Waals surface area contributed by atoms with E-state index in [1.54, 1.807) is 6.07 Å². The molecule has 2 heterocycles. The smallest absolute Gasteiger partial charge is 0.162 e. The van der Waals surface area contributed by atoms with E-state index in [2.05, 4.69) is 10.2 Å². The van der Waals surface area contributed by atoms with Gasteiger partial charge in [-0.2, -0.15) is 10.4 Å². The lowest BCUT2D eigenvalue weighted by Gasteiger charge is -1.85. The number of aromatic nitrogens is 2. The van der Waals surface area contributed by atoms with Crippen LogP contribution in [0.4, 0.5) is 0 Å². The number of hydrogen-bond donors (Lipinski definition) is 1. The Balaban J connectivity index is 2.42. The number of nitrogens with one attached hydrogen (secondary N) is 1. The highest BCUT2D eigenvalue weighted by atomic mass is 35.5. The van der Waals surface area contributed by atoms with Crippen molar-refractivity contribution in [1.82, 2.24) is 10.2 Å². The van der Waals surface area contributed by atoms with Crippen molar-refractivity contribution in [3.8, 4) is 16.6 Å². The van der Waals surface area contributed by atoms with Gasteiger partial charge < -0.3 is 0 Å². The van der Waals surface area contributed by atoms with Crippen molar-refractivity contribution >= 4 is 22.9 Å². The van der Waals surface area contributed by atoms with E-state index in [-0.39, 0.29) is 0 Å². The van der Waals surface area contributed by atoms with Gasteiger partial charge in [0.05, 0.1) is 14.9 Å². The summed E-state index contributed by atoms with van der Waals surface area (Å²) in [6.45, 7) is 0. The maximum Gasteiger partial charge on any atom is 0.162 e. The summed E-state index contributed by atoms with van der Waals surface area (Å²) < 4.78 is 0.725. The van der Waals surface area contributed by atoms with Crippen molar-refractivity contribution < 1.29 is 0 Å². The largest absolute Gasteiger partial charge is 0.276 e. The maximum atomic E-state index is 8.55. The Morgan fingerprint density at radius 1 is 1.54 bits per heavy atom. The predicted octanol–water partition coefficient (Wildman–Crippen LogP) is 2.66. The molecule has 0 radical (unpaired) electrons. The van der Waals surface area contributed by atoms with Crippen LogP contribution in [0.15, 0.2) is 18.2 Å². The van der Waals surface area contributed by atoms with E-state index in [1.165, 1.54) is 11.3 Å². The summed E-state index contributed by atoms with van der Waals surface area (Å²) in [6, 6.07) is 7.35. The van der Waals surface area contributed by atoms with Crippen molar-refractivity contribution in [2.75, 3.05) is 0 Å². The molecule has 2 aromatic heterocycles. The van der Waals surface area contributed by atoms with Gasteiger partial charge in [0, 0.05) is 6.07 Å². The van der Waals surface area contributed by atoms with Gasteiger partial charge in [-0.25, -0.2) is 0 Å². The Labute approximate surface area is 83.6 Å².